The highest BCUT2D eigenvalue weighted by molar-refractivity contribution is 5.77. The fraction of sp³-hybridized carbons (Fsp3) is 0.250. The van der Waals surface area contributed by atoms with Crippen LogP contribution in [0.4, 0.5) is 27.9 Å². The molecule has 234 valence electrons. The smallest absolute Gasteiger partial charge is 0.326 e. The number of nitrogens with zero attached hydrogens (tertiary/aromatic N) is 6. The van der Waals surface area contributed by atoms with Crippen molar-refractivity contribution in [3.05, 3.63) is 95.1 Å². The van der Waals surface area contributed by atoms with E-state index in [1.807, 2.05) is 18.2 Å². The number of carboxylic acids is 1. The summed E-state index contributed by atoms with van der Waals surface area (Å²) in [5.41, 5.74) is 4.29. The minimum absolute atomic E-state index is 0.0460. The summed E-state index contributed by atoms with van der Waals surface area (Å²) in [6, 6.07) is 20.0. The van der Waals surface area contributed by atoms with E-state index in [2.05, 4.69) is 63.2 Å². The number of halogens is 1. The summed E-state index contributed by atoms with van der Waals surface area (Å²) in [5, 5.41) is 31.7. The second kappa shape index (κ2) is 14.0. The number of piperazine rings is 1. The summed E-state index contributed by atoms with van der Waals surface area (Å²) in [4.78, 5) is 35.6. The van der Waals surface area contributed by atoms with Gasteiger partial charge in [0.2, 0.25) is 17.8 Å². The van der Waals surface area contributed by atoms with E-state index < -0.39 is 12.0 Å². The molecular weight excluding hydrogens is 589 g/mol. The molecule has 1 saturated heterocycles. The molecule has 5 aromatic rings. The fourth-order valence-electron chi connectivity index (χ4n) is 5.17. The van der Waals surface area contributed by atoms with Gasteiger partial charge in [0.25, 0.3) is 0 Å². The Labute approximate surface area is 263 Å². The Hall–Kier alpha value is -5.65. The Bertz CT molecular complexity index is 1870. The number of carbonyl (C=O) groups is 1. The number of aromatic nitrogens is 5. The lowest BCUT2D eigenvalue weighted by Gasteiger charge is -2.27. The van der Waals surface area contributed by atoms with E-state index >= 15 is 0 Å². The van der Waals surface area contributed by atoms with Crippen LogP contribution in [0.2, 0.25) is 0 Å². The Balaban J connectivity index is 1.24. The average molecular weight is 622 g/mol. The molecule has 1 fully saturated rings. The lowest BCUT2D eigenvalue weighted by molar-refractivity contribution is -0.137. The van der Waals surface area contributed by atoms with Gasteiger partial charge in [0.15, 0.2) is 0 Å². The molecule has 14 heteroatoms. The summed E-state index contributed by atoms with van der Waals surface area (Å²) in [6.07, 6.45) is 0.127. The van der Waals surface area contributed by atoms with E-state index in [4.69, 9.17) is 5.26 Å². The molecule has 2 aromatic heterocycles. The zero-order valence-corrected chi connectivity index (χ0v) is 24.8. The van der Waals surface area contributed by atoms with Crippen molar-refractivity contribution in [1.29, 1.82) is 5.26 Å². The van der Waals surface area contributed by atoms with E-state index in [9.17, 15) is 14.3 Å². The average Bonchev–Trinajstić information content (AvgIpc) is 3.46. The van der Waals surface area contributed by atoms with Gasteiger partial charge < -0.3 is 31.4 Å². The van der Waals surface area contributed by atoms with Crippen molar-refractivity contribution in [3.8, 4) is 6.07 Å². The molecule has 46 heavy (non-hydrogen) atoms. The van der Waals surface area contributed by atoms with Gasteiger partial charge in [-0.1, -0.05) is 24.3 Å². The van der Waals surface area contributed by atoms with Gasteiger partial charge >= 0.3 is 5.97 Å². The van der Waals surface area contributed by atoms with Gasteiger partial charge in [-0.3, -0.25) is 4.90 Å². The van der Waals surface area contributed by atoms with Crippen LogP contribution in [-0.4, -0.2) is 73.1 Å². The molecular formula is C32H32FN11O2. The van der Waals surface area contributed by atoms with E-state index in [0.29, 0.717) is 22.4 Å². The van der Waals surface area contributed by atoms with Crippen LogP contribution in [-0.2, 0) is 24.3 Å². The number of fused-ring (bicyclic) bond motifs is 1. The third-order valence-electron chi connectivity index (χ3n) is 7.47. The molecule has 0 aliphatic carbocycles. The maximum absolute atomic E-state index is 13.7. The molecule has 3 aromatic carbocycles. The van der Waals surface area contributed by atoms with Crippen molar-refractivity contribution >= 4 is 40.5 Å². The molecule has 0 bridgehead atoms. The van der Waals surface area contributed by atoms with Crippen LogP contribution >= 0.6 is 0 Å². The van der Waals surface area contributed by atoms with Crippen molar-refractivity contribution in [2.45, 2.75) is 25.6 Å². The normalized spacial score (nSPS) is 14.0. The maximum atomic E-state index is 13.7. The summed E-state index contributed by atoms with van der Waals surface area (Å²) in [5.74, 6) is -0.506. The molecule has 3 heterocycles. The van der Waals surface area contributed by atoms with E-state index in [1.54, 1.807) is 30.3 Å². The van der Waals surface area contributed by atoms with E-state index in [1.165, 1.54) is 12.1 Å². The van der Waals surface area contributed by atoms with Crippen molar-refractivity contribution in [2.75, 3.05) is 42.1 Å². The van der Waals surface area contributed by atoms with Crippen LogP contribution in [0.25, 0.3) is 11.0 Å². The van der Waals surface area contributed by atoms with Gasteiger partial charge in [0.1, 0.15) is 17.7 Å². The molecule has 0 spiro atoms. The number of H-pyrrole nitrogens is 1. The number of hydrogen-bond donors (Lipinski definition) is 6. The van der Waals surface area contributed by atoms with E-state index in [0.717, 1.165) is 49.5 Å². The zero-order chi connectivity index (χ0) is 31.9. The number of nitriles is 1. The van der Waals surface area contributed by atoms with Gasteiger partial charge in [-0.15, -0.1) is 0 Å². The standard InChI is InChI=1S/C32H32FN11O2/c33-23-8-9-25-26(16-23)39-28(38-25)18-36-30-41-31(37-24-3-1-2-22(14-24)19-44-12-10-35-11-13-44)43-32(42-30)40-27(29(45)46)15-20-4-6-21(17-34)7-5-20/h1-9,14,16,27,35H,10-13,15,18-19H2,(H,38,39)(H,45,46)(H3,36,37,40,41,42,43)/t27-/m1/s1. The first-order valence-electron chi connectivity index (χ1n) is 14.8. The lowest BCUT2D eigenvalue weighted by Crippen LogP contribution is -2.42. The molecule has 0 saturated carbocycles. The number of hydrogen-bond acceptors (Lipinski definition) is 11. The molecule has 6 rings (SSSR count). The minimum Gasteiger partial charge on any atom is -0.480 e. The second-order valence-electron chi connectivity index (χ2n) is 10.9. The van der Waals surface area contributed by atoms with E-state index in [-0.39, 0.29) is 36.6 Å². The van der Waals surface area contributed by atoms with Crippen molar-refractivity contribution < 1.29 is 14.3 Å². The molecule has 6 N–H and O–H groups in total. The number of rotatable bonds is 12. The van der Waals surface area contributed by atoms with Gasteiger partial charge in [0.05, 0.1) is 29.2 Å². The largest absolute Gasteiger partial charge is 0.480 e. The van der Waals surface area contributed by atoms with Gasteiger partial charge in [-0.25, -0.2) is 14.2 Å². The lowest BCUT2D eigenvalue weighted by atomic mass is 10.0. The number of anilines is 4. The van der Waals surface area contributed by atoms with Crippen molar-refractivity contribution in [2.24, 2.45) is 0 Å². The monoisotopic (exact) mass is 621 g/mol. The molecule has 1 aliphatic heterocycles. The van der Waals surface area contributed by atoms with Crippen LogP contribution < -0.4 is 21.3 Å². The van der Waals surface area contributed by atoms with Crippen LogP contribution in [0, 0.1) is 17.1 Å². The highest BCUT2D eigenvalue weighted by atomic mass is 19.1. The number of carboxylic acid groups (broad SMARTS) is 1. The SMILES string of the molecule is N#Cc1ccc(C[C@@H](Nc2nc(NCc3nc4ccc(F)cc4[nH]3)nc(Nc3cccc(CN4CCNCC4)c3)n2)C(=O)O)cc1. The number of aromatic amines is 1. The second-order valence-corrected chi connectivity index (χ2v) is 10.9. The first kappa shape index (κ1) is 30.4. The van der Waals surface area contributed by atoms with Gasteiger partial charge in [0, 0.05) is 44.8 Å². The zero-order valence-electron chi connectivity index (χ0n) is 24.8. The van der Waals surface area contributed by atoms with Gasteiger partial charge in [-0.2, -0.15) is 20.2 Å². The van der Waals surface area contributed by atoms with Crippen LogP contribution in [0.5, 0.6) is 0 Å². The number of aliphatic carboxylic acids is 1. The highest BCUT2D eigenvalue weighted by Crippen LogP contribution is 2.20. The Morgan fingerprint density at radius 3 is 2.54 bits per heavy atom. The summed E-state index contributed by atoms with van der Waals surface area (Å²) < 4.78 is 13.7. The maximum Gasteiger partial charge on any atom is 0.326 e. The fourth-order valence-corrected chi connectivity index (χ4v) is 5.17. The third-order valence-corrected chi connectivity index (χ3v) is 7.47. The predicted octanol–water partition coefficient (Wildman–Crippen LogP) is 3.63. The molecule has 1 aliphatic rings. The highest BCUT2D eigenvalue weighted by Gasteiger charge is 2.21. The Morgan fingerprint density at radius 2 is 1.76 bits per heavy atom. The van der Waals surface area contributed by atoms with Crippen molar-refractivity contribution in [1.82, 2.24) is 35.1 Å². The van der Waals surface area contributed by atoms with Gasteiger partial charge in [-0.05, 0) is 53.6 Å². The Kier molecular flexibility index (Phi) is 9.23. The van der Waals surface area contributed by atoms with Crippen LogP contribution in [0.1, 0.15) is 22.5 Å². The number of imidazole rings is 1. The molecule has 1 atom stereocenters. The van der Waals surface area contributed by atoms with Crippen LogP contribution in [0.3, 0.4) is 0 Å². The van der Waals surface area contributed by atoms with Crippen LogP contribution in [0.15, 0.2) is 66.7 Å². The summed E-state index contributed by atoms with van der Waals surface area (Å²) >= 11 is 0. The predicted molar refractivity (Wildman–Crippen MR) is 171 cm³/mol. The minimum atomic E-state index is -1.09. The topological polar surface area (TPSA) is 180 Å². The molecule has 0 unspecified atom stereocenters. The molecule has 0 radical (unpaired) electrons. The Morgan fingerprint density at radius 1 is 0.978 bits per heavy atom. The summed E-state index contributed by atoms with van der Waals surface area (Å²) in [7, 11) is 0. The van der Waals surface area contributed by atoms with Crippen molar-refractivity contribution in [3.63, 3.8) is 0 Å². The molecule has 13 nitrogen and oxygen atoms in total. The molecule has 0 amide bonds. The first-order chi connectivity index (χ1) is 22.4. The third kappa shape index (κ3) is 7.89. The first-order valence-corrected chi connectivity index (χ1v) is 14.8. The number of nitrogens with one attached hydrogen (secondary N) is 5. The summed E-state index contributed by atoms with van der Waals surface area (Å²) in [6.45, 7) is 4.87. The quantitative estimate of drug-likeness (QED) is 0.119. The number of benzene rings is 3.